The minimum Gasteiger partial charge on any atom is -0.379 e. The summed E-state index contributed by atoms with van der Waals surface area (Å²) in [6, 6.07) is 0. The zero-order valence-corrected chi connectivity index (χ0v) is 34.1. The number of hydrogen-bond donors (Lipinski definition) is 0. The monoisotopic (exact) mass is 753 g/mol. The lowest BCUT2D eigenvalue weighted by Crippen LogP contribution is -2.15. The van der Waals surface area contributed by atoms with Gasteiger partial charge in [0.05, 0.1) is 132 Å². The van der Waals surface area contributed by atoms with Crippen LogP contribution in [0.5, 0.6) is 0 Å². The first-order valence-corrected chi connectivity index (χ1v) is 21.3. The van der Waals surface area contributed by atoms with Crippen LogP contribution in [-0.4, -0.2) is 145 Å². The van der Waals surface area contributed by atoms with E-state index in [0.29, 0.717) is 132 Å². The summed E-state index contributed by atoms with van der Waals surface area (Å²) in [5, 5.41) is 0. The summed E-state index contributed by atoms with van der Waals surface area (Å²) >= 11 is 0. The number of ether oxygens (including phenoxy) is 11. The molecule has 0 radical (unpaired) electrons. The van der Waals surface area contributed by atoms with Gasteiger partial charge in [-0.1, -0.05) is 110 Å². The van der Waals surface area contributed by atoms with Crippen molar-refractivity contribution in [3.63, 3.8) is 0 Å². The zero-order chi connectivity index (χ0) is 37.4. The lowest BCUT2D eigenvalue weighted by molar-refractivity contribution is -0.0275. The molecular formula is C41H84O11. The quantitative estimate of drug-likeness (QED) is 0.0569. The maximum Gasteiger partial charge on any atom is 0.0701 e. The van der Waals surface area contributed by atoms with E-state index in [2.05, 4.69) is 13.8 Å². The van der Waals surface area contributed by atoms with Crippen molar-refractivity contribution in [1.29, 1.82) is 0 Å². The second-order valence-electron chi connectivity index (χ2n) is 13.0. The molecule has 11 heteroatoms. The Labute approximate surface area is 320 Å². The molecule has 0 spiro atoms. The summed E-state index contributed by atoms with van der Waals surface area (Å²) in [4.78, 5) is 0. The van der Waals surface area contributed by atoms with Crippen LogP contribution in [0.2, 0.25) is 0 Å². The van der Waals surface area contributed by atoms with Gasteiger partial charge in [0.15, 0.2) is 0 Å². The van der Waals surface area contributed by atoms with Crippen LogP contribution in [0.25, 0.3) is 0 Å². The second-order valence-corrected chi connectivity index (χ2v) is 13.0. The van der Waals surface area contributed by atoms with E-state index in [4.69, 9.17) is 52.1 Å². The molecule has 52 heavy (non-hydrogen) atoms. The van der Waals surface area contributed by atoms with Gasteiger partial charge in [-0.3, -0.25) is 0 Å². The Hall–Kier alpha value is -0.440. The smallest absolute Gasteiger partial charge is 0.0701 e. The van der Waals surface area contributed by atoms with Crippen LogP contribution >= 0.6 is 0 Å². The fourth-order valence-electron chi connectivity index (χ4n) is 5.15. The van der Waals surface area contributed by atoms with Gasteiger partial charge >= 0.3 is 0 Å². The first-order chi connectivity index (χ1) is 25.9. The lowest BCUT2D eigenvalue weighted by atomic mass is 10.0. The van der Waals surface area contributed by atoms with Crippen molar-refractivity contribution in [2.75, 3.05) is 145 Å². The highest BCUT2D eigenvalue weighted by Gasteiger charge is 1.98. The number of hydrogen-bond acceptors (Lipinski definition) is 11. The minimum atomic E-state index is 0.528. The average molecular weight is 753 g/mol. The van der Waals surface area contributed by atoms with Gasteiger partial charge in [0.1, 0.15) is 0 Å². The van der Waals surface area contributed by atoms with Crippen LogP contribution in [0.1, 0.15) is 123 Å². The molecule has 0 saturated heterocycles. The van der Waals surface area contributed by atoms with Gasteiger partial charge < -0.3 is 52.1 Å². The molecule has 0 bridgehead atoms. The van der Waals surface area contributed by atoms with Gasteiger partial charge in [0, 0.05) is 13.2 Å². The SMILES string of the molecule is CCCCCCCCCCCCCCCCOCCOCCOCCOCCOCCOCCOCCOCCOCCOCCOCCCCC. The third-order valence-electron chi connectivity index (χ3n) is 8.25. The molecule has 11 nitrogen and oxygen atoms in total. The van der Waals surface area contributed by atoms with Crippen molar-refractivity contribution in [3.8, 4) is 0 Å². The van der Waals surface area contributed by atoms with Crippen LogP contribution in [-0.2, 0) is 52.1 Å². The Bertz CT molecular complexity index is 553. The summed E-state index contributed by atoms with van der Waals surface area (Å²) in [7, 11) is 0. The molecule has 0 aliphatic carbocycles. The van der Waals surface area contributed by atoms with E-state index < -0.39 is 0 Å². The van der Waals surface area contributed by atoms with E-state index in [1.165, 1.54) is 96.3 Å². The molecule has 0 aromatic carbocycles. The van der Waals surface area contributed by atoms with Gasteiger partial charge in [0.25, 0.3) is 0 Å². The van der Waals surface area contributed by atoms with Crippen LogP contribution < -0.4 is 0 Å². The summed E-state index contributed by atoms with van der Waals surface area (Å²) in [6.45, 7) is 17.4. The van der Waals surface area contributed by atoms with Gasteiger partial charge in [-0.05, 0) is 12.8 Å². The van der Waals surface area contributed by atoms with Crippen molar-refractivity contribution in [3.05, 3.63) is 0 Å². The Morgan fingerprint density at radius 2 is 0.288 bits per heavy atom. The second kappa shape index (κ2) is 50.6. The topological polar surface area (TPSA) is 102 Å². The summed E-state index contributed by atoms with van der Waals surface area (Å²) in [5.41, 5.74) is 0. The van der Waals surface area contributed by atoms with Crippen molar-refractivity contribution in [2.45, 2.75) is 123 Å². The molecule has 314 valence electrons. The third-order valence-corrected chi connectivity index (χ3v) is 8.25. The van der Waals surface area contributed by atoms with Crippen molar-refractivity contribution >= 4 is 0 Å². The van der Waals surface area contributed by atoms with Crippen LogP contribution in [0.3, 0.4) is 0 Å². The van der Waals surface area contributed by atoms with Crippen LogP contribution in [0.15, 0.2) is 0 Å². The number of rotatable bonds is 49. The Morgan fingerprint density at radius 1 is 0.154 bits per heavy atom. The number of unbranched alkanes of at least 4 members (excludes halogenated alkanes) is 15. The van der Waals surface area contributed by atoms with E-state index in [1.54, 1.807) is 0 Å². The molecule has 0 aliphatic rings. The van der Waals surface area contributed by atoms with E-state index in [0.717, 1.165) is 26.1 Å². The van der Waals surface area contributed by atoms with Gasteiger partial charge in [-0.15, -0.1) is 0 Å². The van der Waals surface area contributed by atoms with Crippen LogP contribution in [0, 0.1) is 0 Å². The van der Waals surface area contributed by atoms with Crippen molar-refractivity contribution < 1.29 is 52.1 Å². The van der Waals surface area contributed by atoms with Gasteiger partial charge in [-0.2, -0.15) is 0 Å². The zero-order valence-electron chi connectivity index (χ0n) is 34.1. The molecule has 0 rings (SSSR count). The summed E-state index contributed by atoms with van der Waals surface area (Å²) < 4.78 is 60.8. The molecule has 0 atom stereocenters. The molecule has 0 aromatic rings. The van der Waals surface area contributed by atoms with Gasteiger partial charge in [0.2, 0.25) is 0 Å². The minimum absolute atomic E-state index is 0.528. The summed E-state index contributed by atoms with van der Waals surface area (Å²) in [5.74, 6) is 0. The molecular weight excluding hydrogens is 668 g/mol. The average Bonchev–Trinajstić information content (AvgIpc) is 3.16. The molecule has 0 unspecified atom stereocenters. The highest BCUT2D eigenvalue weighted by Crippen LogP contribution is 2.13. The Kier molecular flexibility index (Phi) is 50.1. The van der Waals surface area contributed by atoms with Gasteiger partial charge in [-0.25, -0.2) is 0 Å². The fourth-order valence-corrected chi connectivity index (χ4v) is 5.15. The Balaban J connectivity index is 3.04. The van der Waals surface area contributed by atoms with Crippen molar-refractivity contribution in [2.24, 2.45) is 0 Å². The highest BCUT2D eigenvalue weighted by atomic mass is 16.6. The predicted molar refractivity (Wildman–Crippen MR) is 209 cm³/mol. The molecule has 0 amide bonds. The highest BCUT2D eigenvalue weighted by molar-refractivity contribution is 4.49. The first kappa shape index (κ1) is 51.6. The van der Waals surface area contributed by atoms with E-state index in [9.17, 15) is 0 Å². The molecule has 0 saturated carbocycles. The van der Waals surface area contributed by atoms with Crippen molar-refractivity contribution in [1.82, 2.24) is 0 Å². The predicted octanol–water partition coefficient (Wildman–Crippen LogP) is 7.84. The van der Waals surface area contributed by atoms with E-state index >= 15 is 0 Å². The first-order valence-electron chi connectivity index (χ1n) is 21.3. The van der Waals surface area contributed by atoms with E-state index in [1.807, 2.05) is 0 Å². The molecule has 0 N–H and O–H groups in total. The lowest BCUT2D eigenvalue weighted by Gasteiger charge is -2.09. The summed E-state index contributed by atoms with van der Waals surface area (Å²) in [6.07, 6.45) is 22.8. The van der Waals surface area contributed by atoms with E-state index in [-0.39, 0.29) is 0 Å². The Morgan fingerprint density at radius 3 is 0.500 bits per heavy atom. The molecule has 0 aromatic heterocycles. The third kappa shape index (κ3) is 49.6. The molecule has 0 aliphatic heterocycles. The molecule has 0 heterocycles. The largest absolute Gasteiger partial charge is 0.379 e. The fraction of sp³-hybridized carbons (Fsp3) is 1.00. The van der Waals surface area contributed by atoms with Crippen LogP contribution in [0.4, 0.5) is 0 Å². The maximum atomic E-state index is 5.69. The molecule has 0 fully saturated rings. The normalized spacial score (nSPS) is 11.7. The maximum absolute atomic E-state index is 5.69. The standard InChI is InChI=1S/C41H84O11/c1-3-5-7-8-9-10-11-12-13-14-15-16-17-19-21-43-23-25-45-27-29-47-31-33-49-35-37-51-39-41-52-40-38-50-36-34-48-32-30-46-28-26-44-24-22-42-20-18-6-4-2/h3-41H2,1-2H3.